The van der Waals surface area contributed by atoms with Gasteiger partial charge in [0.15, 0.2) is 5.78 Å². The van der Waals surface area contributed by atoms with E-state index in [2.05, 4.69) is 0 Å². The molecular weight excluding hydrogens is 220 g/mol. The third kappa shape index (κ3) is 6.09. The second-order valence-corrected chi connectivity index (χ2v) is 4.33. The summed E-state index contributed by atoms with van der Waals surface area (Å²) in [5.74, 6) is -1.51. The Bertz CT molecular complexity index is 283. The Morgan fingerprint density at radius 2 is 1.88 bits per heavy atom. The van der Waals surface area contributed by atoms with Crippen LogP contribution in [0.3, 0.4) is 0 Å². The van der Waals surface area contributed by atoms with Gasteiger partial charge in [0.1, 0.15) is 12.6 Å². The van der Waals surface area contributed by atoms with Crippen LogP contribution in [0.4, 0.5) is 0 Å². The highest BCUT2D eigenvalue weighted by atomic mass is 16.2. The number of ketones is 2. The number of hydrogen-bond donors (Lipinski definition) is 0. The Balaban J connectivity index is 4.46. The fraction of sp³-hybridized carbons (Fsp3) is 0.692. The van der Waals surface area contributed by atoms with Gasteiger partial charge in [-0.2, -0.15) is 0 Å². The first-order valence-corrected chi connectivity index (χ1v) is 6.02. The van der Waals surface area contributed by atoms with Crippen LogP contribution in [0, 0.1) is 11.8 Å². The molecule has 2 atom stereocenters. The summed E-state index contributed by atoms with van der Waals surface area (Å²) in [7, 11) is 0. The van der Waals surface area contributed by atoms with E-state index < -0.39 is 11.6 Å². The summed E-state index contributed by atoms with van der Waals surface area (Å²) in [4.78, 5) is 44.0. The van der Waals surface area contributed by atoms with E-state index in [0.29, 0.717) is 19.1 Å². The Hall–Kier alpha value is -1.32. The fourth-order valence-electron chi connectivity index (χ4n) is 1.75. The molecule has 17 heavy (non-hydrogen) atoms. The molecule has 0 aromatic carbocycles. The monoisotopic (exact) mass is 240 g/mol. The van der Waals surface area contributed by atoms with Crippen LogP contribution in [0.1, 0.15) is 46.0 Å². The Morgan fingerprint density at radius 3 is 2.35 bits per heavy atom. The van der Waals surface area contributed by atoms with E-state index in [0.717, 1.165) is 12.7 Å². The molecule has 0 saturated carbocycles. The molecule has 0 aliphatic carbocycles. The summed E-state index contributed by atoms with van der Waals surface area (Å²) in [6, 6.07) is 0. The van der Waals surface area contributed by atoms with Crippen molar-refractivity contribution in [2.45, 2.75) is 46.0 Å². The summed E-state index contributed by atoms with van der Waals surface area (Å²) in [5.41, 5.74) is 0. The molecule has 0 radical (unpaired) electrons. The molecule has 4 nitrogen and oxygen atoms in total. The molecule has 0 amide bonds. The molecule has 0 N–H and O–H groups in total. The minimum atomic E-state index is -0.492. The van der Waals surface area contributed by atoms with Gasteiger partial charge in [-0.25, -0.2) is 0 Å². The normalized spacial score (nSPS) is 13.8. The molecule has 0 spiro atoms. The van der Waals surface area contributed by atoms with Gasteiger partial charge in [0, 0.05) is 24.7 Å². The zero-order valence-electron chi connectivity index (χ0n) is 10.5. The van der Waals surface area contributed by atoms with Crippen LogP contribution < -0.4 is 0 Å². The maximum absolute atomic E-state index is 11.8. The lowest BCUT2D eigenvalue weighted by molar-refractivity contribution is -0.139. The number of rotatable bonds is 10. The summed E-state index contributed by atoms with van der Waals surface area (Å²) in [5, 5.41) is 0. The number of aldehydes is 2. The molecule has 0 fully saturated rings. The van der Waals surface area contributed by atoms with Gasteiger partial charge in [0.2, 0.25) is 5.78 Å². The number of hydrogen-bond acceptors (Lipinski definition) is 4. The third-order valence-corrected chi connectivity index (χ3v) is 2.66. The molecule has 0 aromatic rings. The average Bonchev–Trinajstić information content (AvgIpc) is 2.34. The molecule has 0 aliphatic heterocycles. The first kappa shape index (κ1) is 15.7. The van der Waals surface area contributed by atoms with Gasteiger partial charge >= 0.3 is 0 Å². The zero-order chi connectivity index (χ0) is 13.3. The van der Waals surface area contributed by atoms with E-state index in [1.54, 1.807) is 6.92 Å². The first-order valence-electron chi connectivity index (χ1n) is 6.02. The van der Waals surface area contributed by atoms with E-state index in [-0.39, 0.29) is 24.7 Å². The fourth-order valence-corrected chi connectivity index (χ4v) is 1.75. The second-order valence-electron chi connectivity index (χ2n) is 4.33. The van der Waals surface area contributed by atoms with Crippen molar-refractivity contribution in [3.63, 3.8) is 0 Å². The van der Waals surface area contributed by atoms with Crippen LogP contribution in [-0.2, 0) is 19.2 Å². The number of carbonyl (C=O) groups excluding carboxylic acids is 4. The highest BCUT2D eigenvalue weighted by molar-refractivity contribution is 6.38. The van der Waals surface area contributed by atoms with Crippen molar-refractivity contribution < 1.29 is 19.2 Å². The van der Waals surface area contributed by atoms with E-state index in [9.17, 15) is 19.2 Å². The molecule has 96 valence electrons. The maximum Gasteiger partial charge on any atom is 0.201 e. The first-order chi connectivity index (χ1) is 8.06. The molecule has 0 rings (SSSR count). The maximum atomic E-state index is 11.8. The van der Waals surface area contributed by atoms with Crippen LogP contribution in [0.2, 0.25) is 0 Å². The molecule has 2 unspecified atom stereocenters. The quantitative estimate of drug-likeness (QED) is 0.431. The third-order valence-electron chi connectivity index (χ3n) is 2.66. The van der Waals surface area contributed by atoms with Crippen LogP contribution in [0.5, 0.6) is 0 Å². The second kappa shape index (κ2) is 8.79. The smallest absolute Gasteiger partial charge is 0.201 e. The van der Waals surface area contributed by atoms with Gasteiger partial charge in [0.05, 0.1) is 0 Å². The molecule has 4 heteroatoms. The van der Waals surface area contributed by atoms with E-state index >= 15 is 0 Å². The molecule has 0 heterocycles. The van der Waals surface area contributed by atoms with Crippen molar-refractivity contribution in [2.75, 3.05) is 0 Å². The lowest BCUT2D eigenvalue weighted by Gasteiger charge is -2.15. The van der Waals surface area contributed by atoms with Gasteiger partial charge < -0.3 is 9.59 Å². The standard InChI is InChI=1S/C13H20O4/c1-3-5-11(8-10(2)9-15)13(17)12(16)6-4-7-14/h7,9-11H,3-6,8H2,1-2H3. The highest BCUT2D eigenvalue weighted by Gasteiger charge is 2.25. The van der Waals surface area contributed by atoms with Crippen LogP contribution >= 0.6 is 0 Å². The van der Waals surface area contributed by atoms with Crippen molar-refractivity contribution in [2.24, 2.45) is 11.8 Å². The number of Topliss-reactive ketones (excluding diaryl/α,β-unsaturated/α-hetero) is 2. The van der Waals surface area contributed by atoms with Crippen LogP contribution in [0.15, 0.2) is 0 Å². The number of carbonyl (C=O) groups is 4. The van der Waals surface area contributed by atoms with Gasteiger partial charge in [-0.3, -0.25) is 9.59 Å². The van der Waals surface area contributed by atoms with Crippen LogP contribution in [0.25, 0.3) is 0 Å². The van der Waals surface area contributed by atoms with Crippen molar-refractivity contribution >= 4 is 24.1 Å². The van der Waals surface area contributed by atoms with Gasteiger partial charge in [-0.05, 0) is 12.8 Å². The summed E-state index contributed by atoms with van der Waals surface area (Å²) < 4.78 is 0. The SMILES string of the molecule is CCCC(CC(C)C=O)C(=O)C(=O)CCC=O. The van der Waals surface area contributed by atoms with Crippen molar-refractivity contribution in [1.82, 2.24) is 0 Å². The lowest BCUT2D eigenvalue weighted by Crippen LogP contribution is -2.25. The van der Waals surface area contributed by atoms with Gasteiger partial charge in [-0.15, -0.1) is 0 Å². The summed E-state index contributed by atoms with van der Waals surface area (Å²) >= 11 is 0. The van der Waals surface area contributed by atoms with Gasteiger partial charge in [-0.1, -0.05) is 20.3 Å². The summed E-state index contributed by atoms with van der Waals surface area (Å²) in [6.45, 7) is 3.67. The molecule has 0 aromatic heterocycles. The zero-order valence-corrected chi connectivity index (χ0v) is 10.5. The van der Waals surface area contributed by atoms with E-state index in [1.807, 2.05) is 6.92 Å². The Kier molecular flexibility index (Phi) is 8.11. The van der Waals surface area contributed by atoms with Gasteiger partial charge in [0.25, 0.3) is 0 Å². The Labute approximate surface area is 102 Å². The Morgan fingerprint density at radius 1 is 1.24 bits per heavy atom. The minimum Gasteiger partial charge on any atom is -0.303 e. The van der Waals surface area contributed by atoms with Crippen LogP contribution in [-0.4, -0.2) is 24.1 Å². The molecule has 0 saturated heterocycles. The van der Waals surface area contributed by atoms with Crippen molar-refractivity contribution in [1.29, 1.82) is 0 Å². The van der Waals surface area contributed by atoms with Crippen molar-refractivity contribution in [3.05, 3.63) is 0 Å². The highest BCUT2D eigenvalue weighted by Crippen LogP contribution is 2.18. The topological polar surface area (TPSA) is 68.3 Å². The minimum absolute atomic E-state index is 0.0159. The lowest BCUT2D eigenvalue weighted by atomic mass is 9.87. The average molecular weight is 240 g/mol. The summed E-state index contributed by atoms with van der Waals surface area (Å²) in [6.07, 6.45) is 3.33. The predicted octanol–water partition coefficient (Wildman–Crippen LogP) is 1.75. The molecule has 0 aliphatic rings. The van der Waals surface area contributed by atoms with E-state index in [4.69, 9.17) is 0 Å². The predicted molar refractivity (Wildman–Crippen MR) is 63.6 cm³/mol. The molecule has 0 bridgehead atoms. The largest absolute Gasteiger partial charge is 0.303 e. The van der Waals surface area contributed by atoms with E-state index in [1.165, 1.54) is 0 Å². The molecular formula is C13H20O4. The van der Waals surface area contributed by atoms with Crippen molar-refractivity contribution in [3.8, 4) is 0 Å².